The van der Waals surface area contributed by atoms with E-state index < -0.39 is 53.3 Å². The van der Waals surface area contributed by atoms with Crippen LogP contribution in [0.15, 0.2) is 78.9 Å². The molecular weight excluding hydrogens is 632 g/mol. The molecule has 3 N–H and O–H groups in total. The van der Waals surface area contributed by atoms with Crippen molar-refractivity contribution in [3.63, 3.8) is 0 Å². The Kier molecular flexibility index (Phi) is 8.50. The number of carbonyl (C=O) groups is 4. The number of hydrogen-bond donors (Lipinski definition) is 2. The fraction of sp³-hybridized carbons (Fsp3) is 0.265. The first-order valence-corrected chi connectivity index (χ1v) is 15.2. The number of anilines is 1. The van der Waals surface area contributed by atoms with E-state index in [1.54, 1.807) is 37.3 Å². The second-order valence-corrected chi connectivity index (χ2v) is 11.6. The Balaban J connectivity index is 1.55. The lowest BCUT2D eigenvalue weighted by molar-refractivity contribution is -0.137. The number of rotatable bonds is 8. The van der Waals surface area contributed by atoms with Crippen LogP contribution in [0.1, 0.15) is 58.4 Å². The first-order chi connectivity index (χ1) is 22.9. The van der Waals surface area contributed by atoms with Crippen molar-refractivity contribution in [3.8, 4) is 5.69 Å². The second kappa shape index (κ2) is 12.6. The number of nitrogens with one attached hydrogen (secondary N) is 1. The minimum absolute atomic E-state index is 0.0891. The summed E-state index contributed by atoms with van der Waals surface area (Å²) < 4.78 is 56.2. The summed E-state index contributed by atoms with van der Waals surface area (Å²) in [5.41, 5.74) is 5.93. The smallest absolute Gasteiger partial charge is 0.368 e. The fourth-order valence-corrected chi connectivity index (χ4v) is 6.42. The molecule has 48 heavy (non-hydrogen) atoms. The van der Waals surface area contributed by atoms with Gasteiger partial charge >= 0.3 is 6.18 Å². The van der Waals surface area contributed by atoms with E-state index in [1.165, 1.54) is 44.8 Å². The lowest BCUT2D eigenvalue weighted by Gasteiger charge is -2.38. The van der Waals surface area contributed by atoms with Crippen LogP contribution in [0.25, 0.3) is 5.69 Å². The molecule has 2 aliphatic rings. The van der Waals surface area contributed by atoms with Crippen LogP contribution in [-0.4, -0.2) is 56.9 Å². The van der Waals surface area contributed by atoms with Gasteiger partial charge in [-0.15, -0.1) is 0 Å². The van der Waals surface area contributed by atoms with Gasteiger partial charge in [0.05, 0.1) is 23.5 Å². The minimum atomic E-state index is -4.71. The Labute approximate surface area is 272 Å². The second-order valence-electron chi connectivity index (χ2n) is 11.6. The molecule has 6 rings (SSSR count). The van der Waals surface area contributed by atoms with Crippen LogP contribution in [0, 0.1) is 5.82 Å². The number of para-hydroxylation sites is 1. The summed E-state index contributed by atoms with van der Waals surface area (Å²) in [5.74, 6) is -3.82. The van der Waals surface area contributed by atoms with Crippen molar-refractivity contribution < 1.29 is 36.7 Å². The number of fused-ring (bicyclic) bond motifs is 1. The molecule has 1 saturated heterocycles. The standard InChI is InChI=1S/C34H30F4N6O4/c1-2-42-32-28(24(41-44(32)23-9-4-3-5-10-23)18-43-25(30(39)46)15-16-26(43)45)27(19-11-13-22(35)14-12-19)29(33(42)48)40-31(47)20-7-6-8-21(17-20)34(36,37)38/h3-14,17,25,27,29H,2,15-16,18H2,1H3,(H2,39,46)(H,40,47)/t25?,27-,29-/m0/s1. The molecule has 0 radical (unpaired) electrons. The SMILES string of the molecule is CCN1C(=O)[C@@H](NC(=O)c2cccc(C(F)(F)F)c2)[C@@H](c2ccc(F)cc2)c2c(CN3C(=O)CCC3C(N)=O)nn(-c3ccccc3)c21. The number of nitrogens with zero attached hydrogens (tertiary/aromatic N) is 4. The number of alkyl halides is 3. The van der Waals surface area contributed by atoms with Crippen molar-refractivity contribution in [2.24, 2.45) is 5.73 Å². The molecule has 248 valence electrons. The highest BCUT2D eigenvalue weighted by Gasteiger charge is 2.47. The van der Waals surface area contributed by atoms with Crippen LogP contribution in [-0.2, 0) is 27.1 Å². The molecule has 1 fully saturated rings. The van der Waals surface area contributed by atoms with Gasteiger partial charge in [0, 0.05) is 30.0 Å². The molecule has 2 aliphatic heterocycles. The van der Waals surface area contributed by atoms with Crippen LogP contribution in [0.3, 0.4) is 0 Å². The van der Waals surface area contributed by atoms with E-state index in [0.717, 1.165) is 12.1 Å². The maximum Gasteiger partial charge on any atom is 0.416 e. The van der Waals surface area contributed by atoms with Crippen LogP contribution < -0.4 is 16.0 Å². The third-order valence-corrected chi connectivity index (χ3v) is 8.67. The Morgan fingerprint density at radius 3 is 2.35 bits per heavy atom. The van der Waals surface area contributed by atoms with Gasteiger partial charge in [-0.1, -0.05) is 36.4 Å². The van der Waals surface area contributed by atoms with Gasteiger partial charge in [-0.05, 0) is 61.4 Å². The minimum Gasteiger partial charge on any atom is -0.368 e. The van der Waals surface area contributed by atoms with E-state index >= 15 is 0 Å². The van der Waals surface area contributed by atoms with E-state index in [0.29, 0.717) is 28.7 Å². The molecule has 3 aromatic carbocycles. The van der Waals surface area contributed by atoms with Crippen LogP contribution in [0.5, 0.6) is 0 Å². The summed E-state index contributed by atoms with van der Waals surface area (Å²) in [6, 6.07) is 15.7. The topological polar surface area (TPSA) is 131 Å². The number of hydrogen-bond acceptors (Lipinski definition) is 5. The van der Waals surface area contributed by atoms with Gasteiger partial charge in [0.1, 0.15) is 23.7 Å². The number of benzene rings is 3. The Morgan fingerprint density at radius 2 is 1.71 bits per heavy atom. The van der Waals surface area contributed by atoms with E-state index in [-0.39, 0.29) is 43.1 Å². The van der Waals surface area contributed by atoms with Crippen molar-refractivity contribution in [2.75, 3.05) is 11.4 Å². The van der Waals surface area contributed by atoms with Crippen LogP contribution in [0.2, 0.25) is 0 Å². The van der Waals surface area contributed by atoms with Gasteiger partial charge in [-0.25, -0.2) is 9.07 Å². The average molecular weight is 663 g/mol. The summed E-state index contributed by atoms with van der Waals surface area (Å²) in [4.78, 5) is 56.0. The predicted octanol–water partition coefficient (Wildman–Crippen LogP) is 4.30. The van der Waals surface area contributed by atoms with Gasteiger partial charge in [0.25, 0.3) is 11.8 Å². The van der Waals surface area contributed by atoms with Gasteiger partial charge in [-0.2, -0.15) is 18.3 Å². The highest BCUT2D eigenvalue weighted by Crippen LogP contribution is 2.44. The molecule has 4 aromatic rings. The summed E-state index contributed by atoms with van der Waals surface area (Å²) in [7, 11) is 0. The summed E-state index contributed by atoms with van der Waals surface area (Å²) in [5, 5.41) is 7.51. The average Bonchev–Trinajstić information content (AvgIpc) is 3.62. The molecule has 1 unspecified atom stereocenters. The Morgan fingerprint density at radius 1 is 1.00 bits per heavy atom. The molecule has 3 heterocycles. The monoisotopic (exact) mass is 662 g/mol. The normalized spacial score (nSPS) is 19.4. The first kappa shape index (κ1) is 32.4. The zero-order valence-corrected chi connectivity index (χ0v) is 25.6. The number of likely N-dealkylation sites (N-methyl/N-ethyl adjacent to an activating group) is 1. The lowest BCUT2D eigenvalue weighted by Crippen LogP contribution is -2.55. The van der Waals surface area contributed by atoms with Crippen molar-refractivity contribution in [1.82, 2.24) is 20.0 Å². The van der Waals surface area contributed by atoms with Gasteiger partial charge in [-0.3, -0.25) is 24.1 Å². The van der Waals surface area contributed by atoms with Crippen molar-refractivity contribution >= 4 is 29.4 Å². The summed E-state index contributed by atoms with van der Waals surface area (Å²) in [6.45, 7) is 1.63. The lowest BCUT2D eigenvalue weighted by atomic mass is 9.80. The number of amides is 4. The van der Waals surface area contributed by atoms with Gasteiger partial charge < -0.3 is 16.0 Å². The molecule has 0 bridgehead atoms. The largest absolute Gasteiger partial charge is 0.416 e. The molecule has 0 aliphatic carbocycles. The Hall–Kier alpha value is -5.53. The maximum absolute atomic E-state index is 14.4. The fourth-order valence-electron chi connectivity index (χ4n) is 6.42. The number of likely N-dealkylation sites (tertiary alicyclic amines) is 1. The maximum atomic E-state index is 14.4. The van der Waals surface area contributed by atoms with Crippen molar-refractivity contribution in [3.05, 3.63) is 113 Å². The summed E-state index contributed by atoms with van der Waals surface area (Å²) >= 11 is 0. The highest BCUT2D eigenvalue weighted by atomic mass is 19.4. The van der Waals surface area contributed by atoms with Gasteiger partial charge in [0.2, 0.25) is 11.8 Å². The van der Waals surface area contributed by atoms with Crippen LogP contribution >= 0.6 is 0 Å². The van der Waals surface area contributed by atoms with E-state index in [2.05, 4.69) is 5.32 Å². The molecule has 14 heteroatoms. The number of aromatic nitrogens is 2. The predicted molar refractivity (Wildman–Crippen MR) is 165 cm³/mol. The zero-order valence-electron chi connectivity index (χ0n) is 25.6. The van der Waals surface area contributed by atoms with Crippen molar-refractivity contribution in [2.45, 2.75) is 50.5 Å². The first-order valence-electron chi connectivity index (χ1n) is 15.2. The zero-order chi connectivity index (χ0) is 34.3. The van der Waals surface area contributed by atoms with E-state index in [1.807, 2.05) is 0 Å². The third kappa shape index (κ3) is 5.89. The van der Waals surface area contributed by atoms with Crippen molar-refractivity contribution in [1.29, 1.82) is 0 Å². The number of halogens is 4. The van der Waals surface area contributed by atoms with Crippen LogP contribution in [0.4, 0.5) is 23.4 Å². The third-order valence-electron chi connectivity index (χ3n) is 8.67. The molecule has 10 nitrogen and oxygen atoms in total. The molecule has 0 saturated carbocycles. The quantitative estimate of drug-likeness (QED) is 0.272. The van der Waals surface area contributed by atoms with E-state index in [9.17, 15) is 36.7 Å². The summed E-state index contributed by atoms with van der Waals surface area (Å²) in [6.07, 6.45) is -4.41. The molecule has 3 atom stereocenters. The van der Waals surface area contributed by atoms with E-state index in [4.69, 9.17) is 10.8 Å². The van der Waals surface area contributed by atoms with Gasteiger partial charge in [0.15, 0.2) is 0 Å². The Bertz CT molecular complexity index is 1890. The highest BCUT2D eigenvalue weighted by molar-refractivity contribution is 6.05. The molecule has 0 spiro atoms. The number of carbonyl (C=O) groups excluding carboxylic acids is 4. The number of nitrogens with two attached hydrogens (primary N) is 1. The molecule has 4 amide bonds. The number of primary amides is 1. The molecule has 1 aromatic heterocycles. The molecular formula is C34H30F4N6O4.